The van der Waals surface area contributed by atoms with E-state index in [9.17, 15) is 9.50 Å². The number of aliphatic hydroxyl groups excluding tert-OH is 1. The maximum absolute atomic E-state index is 14.2. The number of rotatable bonds is 4. The Morgan fingerprint density at radius 3 is 2.32 bits per heavy atom. The standard InChI is InChI=1S/C19H23FO2/c1-19(2,3)18(22-4)16-11-13(12-21)9-10-14(16)15-7-5-6-8-17(15)20/h5-11,18,21H,12H2,1-4H3/t18-/m1/s1. The Morgan fingerprint density at radius 1 is 1.09 bits per heavy atom. The molecule has 0 heterocycles. The summed E-state index contributed by atoms with van der Waals surface area (Å²) in [5.74, 6) is -0.260. The highest BCUT2D eigenvalue weighted by molar-refractivity contribution is 5.69. The zero-order chi connectivity index (χ0) is 16.3. The molecule has 0 aliphatic heterocycles. The number of methoxy groups -OCH3 is 1. The Balaban J connectivity index is 2.67. The lowest BCUT2D eigenvalue weighted by molar-refractivity contribution is 0.0155. The molecule has 0 unspecified atom stereocenters. The number of hydrogen-bond acceptors (Lipinski definition) is 2. The smallest absolute Gasteiger partial charge is 0.131 e. The molecule has 0 saturated carbocycles. The van der Waals surface area contributed by atoms with Gasteiger partial charge in [0.05, 0.1) is 12.7 Å². The zero-order valence-electron chi connectivity index (χ0n) is 13.6. The van der Waals surface area contributed by atoms with Gasteiger partial charge < -0.3 is 9.84 Å². The summed E-state index contributed by atoms with van der Waals surface area (Å²) >= 11 is 0. The number of benzene rings is 2. The fraction of sp³-hybridized carbons (Fsp3) is 0.368. The highest BCUT2D eigenvalue weighted by Gasteiger charge is 2.29. The molecule has 1 atom stereocenters. The molecule has 0 aliphatic carbocycles. The average Bonchev–Trinajstić information content (AvgIpc) is 2.47. The van der Waals surface area contributed by atoms with Gasteiger partial charge in [-0.05, 0) is 28.2 Å². The molecule has 0 aromatic heterocycles. The van der Waals surface area contributed by atoms with Gasteiger partial charge in [-0.2, -0.15) is 0 Å². The molecule has 3 heteroatoms. The minimum atomic E-state index is -0.260. The van der Waals surface area contributed by atoms with Crippen molar-refractivity contribution in [3.63, 3.8) is 0 Å². The third-order valence-electron chi connectivity index (χ3n) is 3.77. The predicted octanol–water partition coefficient (Wildman–Crippen LogP) is 4.72. The molecule has 1 N–H and O–H groups in total. The van der Waals surface area contributed by atoms with E-state index >= 15 is 0 Å². The fourth-order valence-corrected chi connectivity index (χ4v) is 2.80. The highest BCUT2D eigenvalue weighted by atomic mass is 19.1. The molecular formula is C19H23FO2. The van der Waals surface area contributed by atoms with Gasteiger partial charge in [-0.15, -0.1) is 0 Å². The summed E-state index contributed by atoms with van der Waals surface area (Å²) in [6, 6.07) is 12.3. The maximum atomic E-state index is 14.2. The van der Waals surface area contributed by atoms with Crippen LogP contribution in [0, 0.1) is 11.2 Å². The lowest BCUT2D eigenvalue weighted by atomic mass is 9.81. The van der Waals surface area contributed by atoms with Crippen LogP contribution >= 0.6 is 0 Å². The van der Waals surface area contributed by atoms with Gasteiger partial charge in [-0.25, -0.2) is 4.39 Å². The topological polar surface area (TPSA) is 29.5 Å². The van der Waals surface area contributed by atoms with E-state index < -0.39 is 0 Å². The maximum Gasteiger partial charge on any atom is 0.131 e. The molecule has 2 aromatic rings. The summed E-state index contributed by atoms with van der Waals surface area (Å²) in [5, 5.41) is 9.42. The molecule has 2 aromatic carbocycles. The van der Waals surface area contributed by atoms with Crippen LogP contribution < -0.4 is 0 Å². The number of halogens is 1. The third kappa shape index (κ3) is 3.37. The van der Waals surface area contributed by atoms with Crippen molar-refractivity contribution in [3.8, 4) is 11.1 Å². The highest BCUT2D eigenvalue weighted by Crippen LogP contribution is 2.41. The van der Waals surface area contributed by atoms with E-state index in [1.807, 2.05) is 24.3 Å². The van der Waals surface area contributed by atoms with Gasteiger partial charge in [0.1, 0.15) is 5.82 Å². The SMILES string of the molecule is CO[C@H](c1cc(CO)ccc1-c1ccccc1F)C(C)(C)C. The zero-order valence-corrected chi connectivity index (χ0v) is 13.6. The van der Waals surface area contributed by atoms with Gasteiger partial charge >= 0.3 is 0 Å². The first-order valence-electron chi connectivity index (χ1n) is 7.40. The summed E-state index contributed by atoms with van der Waals surface area (Å²) in [6.07, 6.45) is -0.200. The quantitative estimate of drug-likeness (QED) is 0.885. The third-order valence-corrected chi connectivity index (χ3v) is 3.77. The van der Waals surface area contributed by atoms with Gasteiger partial charge in [-0.3, -0.25) is 0 Å². The number of ether oxygens (including phenoxy) is 1. The van der Waals surface area contributed by atoms with Crippen molar-refractivity contribution in [3.05, 3.63) is 59.4 Å². The second-order valence-electron chi connectivity index (χ2n) is 6.54. The van der Waals surface area contributed by atoms with Gasteiger partial charge in [0.25, 0.3) is 0 Å². The molecule has 0 aliphatic rings. The van der Waals surface area contributed by atoms with E-state index in [0.29, 0.717) is 5.56 Å². The first-order chi connectivity index (χ1) is 10.4. The first-order valence-corrected chi connectivity index (χ1v) is 7.40. The van der Waals surface area contributed by atoms with Crippen LogP contribution in [0.15, 0.2) is 42.5 Å². The van der Waals surface area contributed by atoms with Crippen molar-refractivity contribution in [2.24, 2.45) is 5.41 Å². The largest absolute Gasteiger partial charge is 0.392 e. The van der Waals surface area contributed by atoms with Gasteiger partial charge in [0, 0.05) is 12.7 Å². The molecule has 0 radical (unpaired) electrons. The van der Waals surface area contributed by atoms with E-state index in [0.717, 1.165) is 16.7 Å². The summed E-state index contributed by atoms with van der Waals surface area (Å²) < 4.78 is 19.9. The molecule has 2 nitrogen and oxygen atoms in total. The average molecular weight is 302 g/mol. The van der Waals surface area contributed by atoms with E-state index in [1.54, 1.807) is 19.2 Å². The van der Waals surface area contributed by atoms with Gasteiger partial charge in [0.15, 0.2) is 0 Å². The van der Waals surface area contributed by atoms with E-state index in [-0.39, 0.29) is 23.9 Å². The molecule has 118 valence electrons. The van der Waals surface area contributed by atoms with Crippen molar-refractivity contribution in [1.82, 2.24) is 0 Å². The Kier molecular flexibility index (Phi) is 4.99. The summed E-state index contributed by atoms with van der Waals surface area (Å²) in [6.45, 7) is 6.19. The second kappa shape index (κ2) is 6.59. The van der Waals surface area contributed by atoms with E-state index in [1.165, 1.54) is 6.07 Å². The molecule has 2 rings (SSSR count). The van der Waals surface area contributed by atoms with Crippen LogP contribution in [0.3, 0.4) is 0 Å². The summed E-state index contributed by atoms with van der Waals surface area (Å²) in [4.78, 5) is 0. The minimum Gasteiger partial charge on any atom is -0.392 e. The van der Waals surface area contributed by atoms with Crippen LogP contribution in [0.5, 0.6) is 0 Å². The number of aliphatic hydroxyl groups is 1. The number of hydrogen-bond donors (Lipinski definition) is 1. The fourth-order valence-electron chi connectivity index (χ4n) is 2.80. The lowest BCUT2D eigenvalue weighted by Gasteiger charge is -2.31. The summed E-state index contributed by atoms with van der Waals surface area (Å²) in [7, 11) is 1.66. The first kappa shape index (κ1) is 16.7. The van der Waals surface area contributed by atoms with Crippen molar-refractivity contribution in [2.75, 3.05) is 7.11 Å². The normalized spacial score (nSPS) is 13.2. The van der Waals surface area contributed by atoms with Crippen molar-refractivity contribution in [1.29, 1.82) is 0 Å². The Hall–Kier alpha value is -1.71. The van der Waals surface area contributed by atoms with Crippen molar-refractivity contribution >= 4 is 0 Å². The van der Waals surface area contributed by atoms with Crippen LogP contribution in [0.1, 0.15) is 38.0 Å². The van der Waals surface area contributed by atoms with E-state index in [4.69, 9.17) is 4.74 Å². The summed E-state index contributed by atoms with van der Waals surface area (Å²) in [5.41, 5.74) is 2.89. The molecular weight excluding hydrogens is 279 g/mol. The Morgan fingerprint density at radius 2 is 1.77 bits per heavy atom. The van der Waals surface area contributed by atoms with E-state index in [2.05, 4.69) is 20.8 Å². The van der Waals surface area contributed by atoms with Crippen LogP contribution in [-0.4, -0.2) is 12.2 Å². The molecule has 0 saturated heterocycles. The van der Waals surface area contributed by atoms with Crippen LogP contribution in [0.25, 0.3) is 11.1 Å². The van der Waals surface area contributed by atoms with Crippen LogP contribution in [0.2, 0.25) is 0 Å². The molecule has 0 amide bonds. The molecule has 0 bridgehead atoms. The van der Waals surface area contributed by atoms with Crippen molar-refractivity contribution in [2.45, 2.75) is 33.5 Å². The molecule has 0 spiro atoms. The second-order valence-corrected chi connectivity index (χ2v) is 6.54. The van der Waals surface area contributed by atoms with Gasteiger partial charge in [-0.1, -0.05) is 57.2 Å². The molecule has 0 fully saturated rings. The Bertz CT molecular complexity index is 644. The lowest BCUT2D eigenvalue weighted by Crippen LogP contribution is -2.21. The van der Waals surface area contributed by atoms with Crippen LogP contribution in [-0.2, 0) is 11.3 Å². The Labute approximate surface area is 131 Å². The van der Waals surface area contributed by atoms with Gasteiger partial charge in [0.2, 0.25) is 0 Å². The monoisotopic (exact) mass is 302 g/mol. The van der Waals surface area contributed by atoms with Crippen molar-refractivity contribution < 1.29 is 14.2 Å². The minimum absolute atomic E-state index is 0.0505. The van der Waals surface area contributed by atoms with Crippen LogP contribution in [0.4, 0.5) is 4.39 Å². The predicted molar refractivity (Wildman–Crippen MR) is 87.0 cm³/mol. The molecule has 22 heavy (non-hydrogen) atoms.